The first-order valence-electron chi connectivity index (χ1n) is 7.26. The van der Waals surface area contributed by atoms with Crippen LogP contribution in [0.15, 0.2) is 18.2 Å². The third-order valence-electron chi connectivity index (χ3n) is 3.59. The molecule has 4 heteroatoms. The van der Waals surface area contributed by atoms with Crippen molar-refractivity contribution in [1.29, 1.82) is 0 Å². The zero-order valence-electron chi connectivity index (χ0n) is 12.2. The maximum atomic E-state index is 13.9. The van der Waals surface area contributed by atoms with E-state index in [1.807, 2.05) is 0 Å². The molecule has 0 aromatic heterocycles. The van der Waals surface area contributed by atoms with Crippen LogP contribution in [-0.4, -0.2) is 25.2 Å². The van der Waals surface area contributed by atoms with Gasteiger partial charge in [0, 0.05) is 31.4 Å². The quantitative estimate of drug-likeness (QED) is 0.614. The van der Waals surface area contributed by atoms with Crippen molar-refractivity contribution in [3.8, 4) is 17.6 Å². The Balaban J connectivity index is 2.05. The number of alkyl halides is 1. The SMILES string of the molecule is COC1CCCC(Oc2cc(C#CCCCl)ccc2F)C1. The van der Waals surface area contributed by atoms with Gasteiger partial charge < -0.3 is 9.47 Å². The lowest BCUT2D eigenvalue weighted by Gasteiger charge is -2.28. The summed E-state index contributed by atoms with van der Waals surface area (Å²) in [6, 6.07) is 4.71. The van der Waals surface area contributed by atoms with Crippen molar-refractivity contribution < 1.29 is 13.9 Å². The second-order valence-electron chi connectivity index (χ2n) is 5.15. The molecule has 1 saturated carbocycles. The third-order valence-corrected chi connectivity index (χ3v) is 3.78. The van der Waals surface area contributed by atoms with E-state index in [0.29, 0.717) is 12.3 Å². The highest BCUT2D eigenvalue weighted by Gasteiger charge is 2.23. The van der Waals surface area contributed by atoms with Gasteiger partial charge in [0.25, 0.3) is 0 Å². The predicted molar refractivity (Wildman–Crippen MR) is 82.3 cm³/mol. The van der Waals surface area contributed by atoms with Gasteiger partial charge in [0.05, 0.1) is 6.10 Å². The highest BCUT2D eigenvalue weighted by Crippen LogP contribution is 2.27. The van der Waals surface area contributed by atoms with E-state index in [-0.39, 0.29) is 23.8 Å². The van der Waals surface area contributed by atoms with Gasteiger partial charge in [-0.05, 0) is 37.5 Å². The minimum atomic E-state index is -0.350. The first-order valence-corrected chi connectivity index (χ1v) is 7.80. The monoisotopic (exact) mass is 310 g/mol. The van der Waals surface area contributed by atoms with Crippen LogP contribution >= 0.6 is 11.6 Å². The van der Waals surface area contributed by atoms with Crippen LogP contribution in [0.4, 0.5) is 4.39 Å². The van der Waals surface area contributed by atoms with E-state index in [2.05, 4.69) is 11.8 Å². The summed E-state index contributed by atoms with van der Waals surface area (Å²) in [5, 5.41) is 0. The summed E-state index contributed by atoms with van der Waals surface area (Å²) < 4.78 is 25.1. The Morgan fingerprint density at radius 2 is 2.14 bits per heavy atom. The molecular formula is C17H20ClFO2. The molecular weight excluding hydrogens is 291 g/mol. The Labute approximate surface area is 130 Å². The lowest BCUT2D eigenvalue weighted by atomic mass is 9.95. The van der Waals surface area contributed by atoms with Crippen molar-refractivity contribution >= 4 is 11.6 Å². The molecule has 1 aromatic carbocycles. The molecule has 2 nitrogen and oxygen atoms in total. The fourth-order valence-corrected chi connectivity index (χ4v) is 2.58. The molecule has 2 unspecified atom stereocenters. The van der Waals surface area contributed by atoms with Crippen LogP contribution in [0, 0.1) is 17.7 Å². The number of rotatable bonds is 4. The van der Waals surface area contributed by atoms with Gasteiger partial charge >= 0.3 is 0 Å². The first kappa shape index (κ1) is 16.1. The highest BCUT2D eigenvalue weighted by molar-refractivity contribution is 6.18. The van der Waals surface area contributed by atoms with Crippen LogP contribution < -0.4 is 4.74 Å². The molecule has 1 aliphatic rings. The molecule has 1 fully saturated rings. The zero-order valence-corrected chi connectivity index (χ0v) is 13.0. The largest absolute Gasteiger partial charge is 0.487 e. The molecule has 2 atom stereocenters. The van der Waals surface area contributed by atoms with E-state index in [0.717, 1.165) is 31.2 Å². The lowest BCUT2D eigenvalue weighted by Crippen LogP contribution is -2.29. The van der Waals surface area contributed by atoms with Crippen LogP contribution in [0.3, 0.4) is 0 Å². The maximum Gasteiger partial charge on any atom is 0.165 e. The Morgan fingerprint density at radius 1 is 1.33 bits per heavy atom. The Morgan fingerprint density at radius 3 is 2.90 bits per heavy atom. The van der Waals surface area contributed by atoms with Crippen LogP contribution in [0.5, 0.6) is 5.75 Å². The molecule has 0 bridgehead atoms. The molecule has 114 valence electrons. The van der Waals surface area contributed by atoms with Crippen molar-refractivity contribution in [2.24, 2.45) is 0 Å². The predicted octanol–water partition coefficient (Wildman–Crippen LogP) is 4.14. The van der Waals surface area contributed by atoms with Crippen molar-refractivity contribution in [3.63, 3.8) is 0 Å². The summed E-state index contributed by atoms with van der Waals surface area (Å²) in [5.74, 6) is 6.32. The Hall–Kier alpha value is -1.24. The number of halogens is 2. The Bertz CT molecular complexity index is 521. The number of methoxy groups -OCH3 is 1. The molecule has 0 N–H and O–H groups in total. The zero-order chi connectivity index (χ0) is 15.1. The average Bonchev–Trinajstić information content (AvgIpc) is 2.51. The lowest BCUT2D eigenvalue weighted by molar-refractivity contribution is 0.0197. The van der Waals surface area contributed by atoms with Gasteiger partial charge in [0.1, 0.15) is 6.10 Å². The minimum Gasteiger partial charge on any atom is -0.487 e. The van der Waals surface area contributed by atoms with E-state index in [9.17, 15) is 4.39 Å². The molecule has 0 radical (unpaired) electrons. The number of hydrogen-bond donors (Lipinski definition) is 0. The summed E-state index contributed by atoms with van der Waals surface area (Å²) in [6.07, 6.45) is 4.65. The molecule has 1 aliphatic carbocycles. The van der Waals surface area contributed by atoms with Crippen molar-refractivity contribution in [2.75, 3.05) is 13.0 Å². The molecule has 21 heavy (non-hydrogen) atoms. The second kappa shape index (κ2) is 8.26. The van der Waals surface area contributed by atoms with Gasteiger partial charge in [-0.25, -0.2) is 4.39 Å². The molecule has 0 aliphatic heterocycles. The summed E-state index contributed by atoms with van der Waals surface area (Å²) >= 11 is 5.58. The number of benzene rings is 1. The van der Waals surface area contributed by atoms with Gasteiger partial charge in [-0.1, -0.05) is 11.8 Å². The molecule has 0 amide bonds. The topological polar surface area (TPSA) is 18.5 Å². The van der Waals surface area contributed by atoms with Gasteiger partial charge in [-0.15, -0.1) is 11.6 Å². The smallest absolute Gasteiger partial charge is 0.165 e. The van der Waals surface area contributed by atoms with Gasteiger partial charge in [0.15, 0.2) is 11.6 Å². The van der Waals surface area contributed by atoms with E-state index in [1.165, 1.54) is 6.07 Å². The molecule has 1 aromatic rings. The summed E-state index contributed by atoms with van der Waals surface area (Å²) in [5.41, 5.74) is 0.746. The van der Waals surface area contributed by atoms with Gasteiger partial charge in [-0.3, -0.25) is 0 Å². The normalized spacial score (nSPS) is 21.5. The van der Waals surface area contributed by atoms with Crippen LogP contribution in [-0.2, 0) is 4.74 Å². The van der Waals surface area contributed by atoms with Crippen LogP contribution in [0.1, 0.15) is 37.7 Å². The average molecular weight is 311 g/mol. The standard InChI is InChI=1S/C17H20ClFO2/c1-20-14-6-4-7-15(12-14)21-17-11-13(5-2-3-10-18)8-9-16(17)19/h8-9,11,14-15H,3-4,6-7,10,12H2,1H3. The number of hydrogen-bond acceptors (Lipinski definition) is 2. The van der Waals surface area contributed by atoms with E-state index < -0.39 is 0 Å². The van der Waals surface area contributed by atoms with Crippen LogP contribution in [0.2, 0.25) is 0 Å². The molecule has 0 heterocycles. The summed E-state index contributed by atoms with van der Waals surface area (Å²) in [7, 11) is 1.71. The van der Waals surface area contributed by atoms with Crippen molar-refractivity contribution in [2.45, 2.75) is 44.3 Å². The number of ether oxygens (including phenoxy) is 2. The van der Waals surface area contributed by atoms with Crippen LogP contribution in [0.25, 0.3) is 0 Å². The van der Waals surface area contributed by atoms with E-state index >= 15 is 0 Å². The molecule has 0 saturated heterocycles. The van der Waals surface area contributed by atoms with E-state index in [1.54, 1.807) is 19.2 Å². The highest BCUT2D eigenvalue weighted by atomic mass is 35.5. The maximum absolute atomic E-state index is 13.9. The molecule has 0 spiro atoms. The fourth-order valence-electron chi connectivity index (χ4n) is 2.49. The van der Waals surface area contributed by atoms with Gasteiger partial charge in [-0.2, -0.15) is 0 Å². The summed E-state index contributed by atoms with van der Waals surface area (Å²) in [4.78, 5) is 0. The first-order chi connectivity index (χ1) is 10.2. The van der Waals surface area contributed by atoms with E-state index in [4.69, 9.17) is 21.1 Å². The minimum absolute atomic E-state index is 0.00394. The van der Waals surface area contributed by atoms with Crippen molar-refractivity contribution in [3.05, 3.63) is 29.6 Å². The second-order valence-corrected chi connectivity index (χ2v) is 5.53. The third kappa shape index (κ3) is 4.91. The van der Waals surface area contributed by atoms with Crippen molar-refractivity contribution in [1.82, 2.24) is 0 Å². The summed E-state index contributed by atoms with van der Waals surface area (Å²) in [6.45, 7) is 0. The molecule has 2 rings (SSSR count). The Kier molecular flexibility index (Phi) is 6.35. The van der Waals surface area contributed by atoms with Gasteiger partial charge in [0.2, 0.25) is 0 Å². The fraction of sp³-hybridized carbons (Fsp3) is 0.529.